The average molecular weight is 239 g/mol. The van der Waals surface area contributed by atoms with Gasteiger partial charge in [0.05, 0.1) is 18.1 Å². The van der Waals surface area contributed by atoms with Crippen molar-refractivity contribution in [3.8, 4) is 0 Å². The quantitative estimate of drug-likeness (QED) is 0.755. The Kier molecular flexibility index (Phi) is 3.93. The van der Waals surface area contributed by atoms with E-state index < -0.39 is 11.4 Å². The van der Waals surface area contributed by atoms with E-state index in [1.54, 1.807) is 43.8 Å². The van der Waals surface area contributed by atoms with Crippen LogP contribution in [0.25, 0.3) is 0 Å². The lowest BCUT2D eigenvalue weighted by Crippen LogP contribution is -2.23. The number of carbonyl (C=O) groups is 2. The lowest BCUT2D eigenvalue weighted by Gasteiger charge is -2.16. The Labute approximate surface area is 100 Å². The van der Waals surface area contributed by atoms with Crippen molar-refractivity contribution in [1.82, 2.24) is 4.57 Å². The van der Waals surface area contributed by atoms with Crippen LogP contribution in [0.1, 0.15) is 31.1 Å². The second kappa shape index (κ2) is 5.03. The molecule has 0 aliphatic heterocycles. The highest BCUT2D eigenvalue weighted by atomic mass is 16.5. The standard InChI is InChI=1S/C12H17NO4/c1-12(2,3)11(15)17-8-13-6-5-9(7-13)10(14)16-4/h5-7H,8H2,1-4H3. The van der Waals surface area contributed by atoms with Crippen LogP contribution in [0.3, 0.4) is 0 Å². The molecular weight excluding hydrogens is 222 g/mol. The minimum atomic E-state index is -0.529. The topological polar surface area (TPSA) is 57.5 Å². The second-order valence-electron chi connectivity index (χ2n) is 4.72. The van der Waals surface area contributed by atoms with Crippen molar-refractivity contribution >= 4 is 11.9 Å². The molecule has 94 valence electrons. The molecule has 1 aromatic heterocycles. The van der Waals surface area contributed by atoms with Crippen molar-refractivity contribution in [3.05, 3.63) is 24.0 Å². The Morgan fingerprint density at radius 1 is 1.35 bits per heavy atom. The normalized spacial score (nSPS) is 11.1. The molecular formula is C12H17NO4. The van der Waals surface area contributed by atoms with Gasteiger partial charge < -0.3 is 14.0 Å². The number of esters is 2. The predicted octanol–water partition coefficient (Wildman–Crippen LogP) is 1.82. The molecule has 1 aromatic rings. The van der Waals surface area contributed by atoms with E-state index in [1.165, 1.54) is 7.11 Å². The fraction of sp³-hybridized carbons (Fsp3) is 0.500. The highest BCUT2D eigenvalue weighted by molar-refractivity contribution is 5.89. The van der Waals surface area contributed by atoms with E-state index in [9.17, 15) is 9.59 Å². The van der Waals surface area contributed by atoms with Gasteiger partial charge in [-0.3, -0.25) is 4.79 Å². The lowest BCUT2D eigenvalue weighted by molar-refractivity contribution is -0.156. The van der Waals surface area contributed by atoms with Gasteiger partial charge >= 0.3 is 11.9 Å². The molecule has 0 atom stereocenters. The van der Waals surface area contributed by atoms with E-state index >= 15 is 0 Å². The third-order valence-electron chi connectivity index (χ3n) is 2.13. The first-order valence-electron chi connectivity index (χ1n) is 5.26. The van der Waals surface area contributed by atoms with Gasteiger partial charge in [0, 0.05) is 12.4 Å². The molecule has 5 nitrogen and oxygen atoms in total. The summed E-state index contributed by atoms with van der Waals surface area (Å²) in [5.41, 5.74) is -0.0995. The van der Waals surface area contributed by atoms with E-state index in [1.807, 2.05) is 0 Å². The summed E-state index contributed by atoms with van der Waals surface area (Å²) in [6.45, 7) is 5.44. The van der Waals surface area contributed by atoms with Gasteiger partial charge in [-0.25, -0.2) is 4.79 Å². The molecule has 0 unspecified atom stereocenters. The van der Waals surface area contributed by atoms with Gasteiger partial charge in [0.2, 0.25) is 0 Å². The fourth-order valence-corrected chi connectivity index (χ4v) is 1.11. The summed E-state index contributed by atoms with van der Waals surface area (Å²) in [6.07, 6.45) is 3.23. The summed E-state index contributed by atoms with van der Waals surface area (Å²) in [4.78, 5) is 22.7. The highest BCUT2D eigenvalue weighted by Crippen LogP contribution is 2.15. The van der Waals surface area contributed by atoms with Crippen LogP contribution in [0, 0.1) is 5.41 Å². The smallest absolute Gasteiger partial charge is 0.339 e. The number of nitrogens with zero attached hydrogens (tertiary/aromatic N) is 1. The van der Waals surface area contributed by atoms with Gasteiger partial charge in [0.15, 0.2) is 6.73 Å². The van der Waals surface area contributed by atoms with E-state index in [-0.39, 0.29) is 12.7 Å². The molecule has 0 radical (unpaired) electrons. The maximum absolute atomic E-state index is 11.5. The minimum absolute atomic E-state index is 0.0904. The van der Waals surface area contributed by atoms with E-state index in [4.69, 9.17) is 4.74 Å². The van der Waals surface area contributed by atoms with Crippen LogP contribution < -0.4 is 0 Å². The molecule has 0 amide bonds. The van der Waals surface area contributed by atoms with Gasteiger partial charge in [0.25, 0.3) is 0 Å². The first-order chi connectivity index (χ1) is 7.84. The summed E-state index contributed by atoms with van der Waals surface area (Å²) in [6, 6.07) is 1.61. The van der Waals surface area contributed by atoms with Crippen molar-refractivity contribution in [3.63, 3.8) is 0 Å². The summed E-state index contributed by atoms with van der Waals surface area (Å²) in [5, 5.41) is 0. The monoisotopic (exact) mass is 239 g/mol. The Balaban J connectivity index is 2.56. The lowest BCUT2D eigenvalue weighted by atomic mass is 9.98. The van der Waals surface area contributed by atoms with Crippen molar-refractivity contribution < 1.29 is 19.1 Å². The van der Waals surface area contributed by atoms with E-state index in [0.29, 0.717) is 5.56 Å². The predicted molar refractivity (Wildman–Crippen MR) is 61.3 cm³/mol. The molecule has 0 aromatic carbocycles. The number of hydrogen-bond donors (Lipinski definition) is 0. The molecule has 17 heavy (non-hydrogen) atoms. The van der Waals surface area contributed by atoms with Gasteiger partial charge in [-0.15, -0.1) is 0 Å². The van der Waals surface area contributed by atoms with Crippen molar-refractivity contribution in [1.29, 1.82) is 0 Å². The summed E-state index contributed by atoms with van der Waals surface area (Å²) in [5.74, 6) is -0.697. The van der Waals surface area contributed by atoms with Crippen LogP contribution in [0.4, 0.5) is 0 Å². The molecule has 0 fully saturated rings. The maximum Gasteiger partial charge on any atom is 0.339 e. The number of ether oxygens (including phenoxy) is 2. The summed E-state index contributed by atoms with van der Waals surface area (Å²) < 4.78 is 11.3. The first-order valence-corrected chi connectivity index (χ1v) is 5.26. The molecule has 1 heterocycles. The maximum atomic E-state index is 11.5. The first kappa shape index (κ1) is 13.3. The number of methoxy groups -OCH3 is 1. The van der Waals surface area contributed by atoms with Crippen LogP contribution in [0.2, 0.25) is 0 Å². The van der Waals surface area contributed by atoms with Crippen LogP contribution in [0.5, 0.6) is 0 Å². The van der Waals surface area contributed by atoms with Crippen molar-refractivity contribution in [2.45, 2.75) is 27.5 Å². The van der Waals surface area contributed by atoms with Gasteiger partial charge in [0.1, 0.15) is 0 Å². The molecule has 0 spiro atoms. The second-order valence-corrected chi connectivity index (χ2v) is 4.72. The number of hydrogen-bond acceptors (Lipinski definition) is 4. The summed E-state index contributed by atoms with van der Waals surface area (Å²) in [7, 11) is 1.32. The van der Waals surface area contributed by atoms with Crippen molar-refractivity contribution in [2.24, 2.45) is 5.41 Å². The molecule has 0 saturated heterocycles. The van der Waals surface area contributed by atoms with Crippen molar-refractivity contribution in [2.75, 3.05) is 7.11 Å². The Hall–Kier alpha value is -1.78. The largest absolute Gasteiger partial charge is 0.465 e. The molecule has 0 aliphatic rings. The van der Waals surface area contributed by atoms with Crippen LogP contribution in [-0.2, 0) is 21.0 Å². The zero-order chi connectivity index (χ0) is 13.1. The molecule has 0 bridgehead atoms. The third kappa shape index (κ3) is 3.62. The van der Waals surface area contributed by atoms with E-state index in [2.05, 4.69) is 4.74 Å². The highest BCUT2D eigenvalue weighted by Gasteiger charge is 2.22. The van der Waals surface area contributed by atoms with E-state index in [0.717, 1.165) is 0 Å². The van der Waals surface area contributed by atoms with Crippen LogP contribution >= 0.6 is 0 Å². The zero-order valence-electron chi connectivity index (χ0n) is 10.5. The third-order valence-corrected chi connectivity index (χ3v) is 2.13. The van der Waals surface area contributed by atoms with Crippen LogP contribution in [-0.4, -0.2) is 23.6 Å². The Morgan fingerprint density at radius 2 is 2.00 bits per heavy atom. The number of aromatic nitrogens is 1. The molecule has 0 aliphatic carbocycles. The Bertz CT molecular complexity index is 414. The average Bonchev–Trinajstić information content (AvgIpc) is 2.72. The SMILES string of the molecule is COC(=O)c1ccn(COC(=O)C(C)(C)C)c1. The van der Waals surface area contributed by atoms with Crippen LogP contribution in [0.15, 0.2) is 18.5 Å². The molecule has 0 saturated carbocycles. The molecule has 5 heteroatoms. The molecule has 1 rings (SSSR count). The minimum Gasteiger partial charge on any atom is -0.465 e. The summed E-state index contributed by atoms with van der Waals surface area (Å²) >= 11 is 0. The number of carbonyl (C=O) groups excluding carboxylic acids is 2. The zero-order valence-corrected chi connectivity index (χ0v) is 10.5. The van der Waals surface area contributed by atoms with Gasteiger partial charge in [-0.2, -0.15) is 0 Å². The van der Waals surface area contributed by atoms with Gasteiger partial charge in [-0.05, 0) is 26.8 Å². The van der Waals surface area contributed by atoms with Gasteiger partial charge in [-0.1, -0.05) is 0 Å². The Morgan fingerprint density at radius 3 is 2.53 bits per heavy atom. The fourth-order valence-electron chi connectivity index (χ4n) is 1.11. The number of rotatable bonds is 3. The molecule has 0 N–H and O–H groups in total.